The van der Waals surface area contributed by atoms with Gasteiger partial charge in [0.05, 0.1) is 0 Å². The zero-order valence-corrected chi connectivity index (χ0v) is 30.9. The second kappa shape index (κ2) is 16.3. The number of carbonyl (C=O) groups excluding carboxylic acids is 3. The second-order valence-electron chi connectivity index (χ2n) is 11.0. The van der Waals surface area contributed by atoms with Gasteiger partial charge < -0.3 is 27.4 Å². The number of amides is 3. The number of hydrogen-bond acceptors (Lipinski definition) is 9. The van der Waals surface area contributed by atoms with E-state index in [0.717, 1.165) is 12.1 Å². The number of carbonyl (C=O) groups is 3. The number of benzene rings is 5. The summed E-state index contributed by atoms with van der Waals surface area (Å²) in [5.74, 6) is -1.58. The van der Waals surface area contributed by atoms with Gasteiger partial charge in [-0.1, -0.05) is 24.3 Å². The predicted molar refractivity (Wildman–Crippen MR) is 193 cm³/mol. The molecule has 0 spiro atoms. The smallest absolute Gasteiger partial charge is 0.399 e. The summed E-state index contributed by atoms with van der Waals surface area (Å²) >= 11 is 0. The Morgan fingerprint density at radius 3 is 1.10 bits per heavy atom. The Kier molecular flexibility index (Phi) is 12.4. The summed E-state index contributed by atoms with van der Waals surface area (Å²) in [5.41, 5.74) is 13.3. The molecule has 0 radical (unpaired) electrons. The van der Waals surface area contributed by atoms with Gasteiger partial charge in [0.15, 0.2) is 0 Å². The molecule has 52 heavy (non-hydrogen) atoms. The molecule has 0 atom stereocenters. The minimum Gasteiger partial charge on any atom is -0.399 e. The quantitative estimate of drug-likeness (QED) is 0.0472. The number of rotatable bonds is 10. The number of nitrogens with two attached hydrogens (primary N) is 2. The molecule has 5 aromatic carbocycles. The van der Waals surface area contributed by atoms with Gasteiger partial charge in [0, 0.05) is 45.1 Å². The Labute approximate surface area is 320 Å². The van der Waals surface area contributed by atoms with Crippen molar-refractivity contribution in [3.63, 3.8) is 0 Å². The number of nitrogens with one attached hydrogen (secondary N) is 3. The minimum absolute atomic E-state index is 0. The fraction of sp³-hybridized carbons (Fsp3) is 0. The summed E-state index contributed by atoms with van der Waals surface area (Å²) in [6, 6.07) is 25.5. The van der Waals surface area contributed by atoms with E-state index in [9.17, 15) is 40.3 Å². The fourth-order valence-electron chi connectivity index (χ4n) is 4.71. The first kappa shape index (κ1) is 39.5. The van der Waals surface area contributed by atoms with Crippen LogP contribution in [0.15, 0.2) is 119 Å². The van der Waals surface area contributed by atoms with Crippen molar-refractivity contribution in [2.45, 2.75) is 9.79 Å². The number of nitrogen functional groups attached to an aromatic ring is 2. The van der Waals surface area contributed by atoms with Crippen LogP contribution in [-0.4, -0.2) is 43.7 Å². The average Bonchev–Trinajstić information content (AvgIpc) is 3.08. The van der Waals surface area contributed by atoms with Crippen molar-refractivity contribution in [2.24, 2.45) is 0 Å². The average molecular weight is 751 g/mol. The Hall–Kier alpha value is -5.33. The molecule has 260 valence electrons. The molecule has 0 fully saturated rings. The van der Waals surface area contributed by atoms with E-state index in [1.54, 1.807) is 24.3 Å². The Balaban J connectivity index is 0.00000605. The van der Waals surface area contributed by atoms with Gasteiger partial charge in [-0.25, -0.2) is 0 Å². The van der Waals surface area contributed by atoms with Gasteiger partial charge in [0.1, 0.15) is 9.79 Å². The number of hydrogen-bond donors (Lipinski definition) is 7. The fourth-order valence-corrected chi connectivity index (χ4v) is 6.13. The molecule has 9 N–H and O–H groups in total. The molecule has 0 aliphatic rings. The van der Waals surface area contributed by atoms with Crippen LogP contribution >= 0.6 is 0 Å². The van der Waals surface area contributed by atoms with Gasteiger partial charge in [-0.15, -0.1) is 0 Å². The van der Waals surface area contributed by atoms with E-state index in [4.69, 9.17) is 11.5 Å². The molecule has 0 bridgehead atoms. The van der Waals surface area contributed by atoms with E-state index in [1.165, 1.54) is 84.9 Å². The van der Waals surface area contributed by atoms with Crippen molar-refractivity contribution < 1.29 is 69.9 Å². The van der Waals surface area contributed by atoms with Crippen LogP contribution in [0.4, 0.5) is 28.4 Å². The van der Waals surface area contributed by atoms with E-state index in [0.29, 0.717) is 22.6 Å². The standard InChI is InChI=1S/C35H29N5O9S2.Na/c36-26-11-3-23(4-12-26)33(41)38-28-15-9-25(10-16-28)35(43)40-30-18-8-22(32(20-30)51(47,48)49)2-1-21-7-17-29(19-31(21)50(44,45)46)39-34(42)24-5-13-27(37)14-6-24;/h1-20H,36-37H2,(H,38,41)(H,39,42)(H,40,43)(H,44,45,46)(H,47,48,49);/q;+1/b2-1+;. The van der Waals surface area contributed by atoms with E-state index in [1.807, 2.05) is 0 Å². The molecule has 0 unspecified atom stereocenters. The minimum atomic E-state index is -4.86. The van der Waals surface area contributed by atoms with E-state index < -0.39 is 41.8 Å². The van der Waals surface area contributed by atoms with Crippen LogP contribution in [0, 0.1) is 0 Å². The summed E-state index contributed by atoms with van der Waals surface area (Å²) in [4.78, 5) is 36.8. The first-order chi connectivity index (χ1) is 24.1. The summed E-state index contributed by atoms with van der Waals surface area (Å²) < 4.78 is 68.9. The normalized spacial score (nSPS) is 11.3. The second-order valence-corrected chi connectivity index (χ2v) is 13.8. The van der Waals surface area contributed by atoms with Gasteiger partial charge in [-0.3, -0.25) is 23.5 Å². The van der Waals surface area contributed by atoms with Crippen molar-refractivity contribution in [1.82, 2.24) is 0 Å². The molecule has 0 aliphatic carbocycles. The molecule has 0 heterocycles. The van der Waals surface area contributed by atoms with Crippen LogP contribution in [0.2, 0.25) is 0 Å². The molecule has 0 aliphatic heterocycles. The molecule has 5 aromatic rings. The van der Waals surface area contributed by atoms with Crippen molar-refractivity contribution in [3.8, 4) is 0 Å². The predicted octanol–water partition coefficient (Wildman–Crippen LogP) is 2.28. The molecule has 5 rings (SSSR count). The van der Waals surface area contributed by atoms with Gasteiger partial charge in [0.25, 0.3) is 38.0 Å². The molecule has 0 aromatic heterocycles. The molecular formula is C35H29N5NaO9S2+. The summed E-state index contributed by atoms with van der Waals surface area (Å²) in [6.07, 6.45) is 2.37. The first-order valence-corrected chi connectivity index (χ1v) is 17.6. The third-order valence-electron chi connectivity index (χ3n) is 7.29. The monoisotopic (exact) mass is 750 g/mol. The third-order valence-corrected chi connectivity index (χ3v) is 9.11. The van der Waals surface area contributed by atoms with Crippen molar-refractivity contribution >= 4 is 78.5 Å². The molecular weight excluding hydrogens is 722 g/mol. The maximum Gasteiger partial charge on any atom is 1.00 e. The van der Waals surface area contributed by atoms with Gasteiger partial charge in [0.2, 0.25) is 0 Å². The molecule has 3 amide bonds. The van der Waals surface area contributed by atoms with Crippen molar-refractivity contribution in [2.75, 3.05) is 27.4 Å². The van der Waals surface area contributed by atoms with E-state index in [-0.39, 0.29) is 69.1 Å². The van der Waals surface area contributed by atoms with Crippen molar-refractivity contribution in [1.29, 1.82) is 0 Å². The Bertz CT molecular complexity index is 2400. The largest absolute Gasteiger partial charge is 1.00 e. The summed E-state index contributed by atoms with van der Waals surface area (Å²) in [7, 11) is -9.70. The zero-order valence-electron chi connectivity index (χ0n) is 27.3. The molecule has 0 saturated carbocycles. The molecule has 17 heteroatoms. The maximum atomic E-state index is 12.9. The van der Waals surface area contributed by atoms with Gasteiger partial charge >= 0.3 is 29.6 Å². The zero-order chi connectivity index (χ0) is 36.9. The van der Waals surface area contributed by atoms with Crippen LogP contribution < -0.4 is 57.0 Å². The van der Waals surface area contributed by atoms with E-state index in [2.05, 4.69) is 16.0 Å². The van der Waals surface area contributed by atoms with Crippen LogP contribution in [0.1, 0.15) is 42.2 Å². The summed E-state index contributed by atoms with van der Waals surface area (Å²) in [6.45, 7) is 0. The van der Waals surface area contributed by atoms with Gasteiger partial charge in [-0.2, -0.15) is 16.8 Å². The van der Waals surface area contributed by atoms with Crippen LogP contribution in [0.5, 0.6) is 0 Å². The molecule has 14 nitrogen and oxygen atoms in total. The van der Waals surface area contributed by atoms with Crippen molar-refractivity contribution in [3.05, 3.63) is 137 Å². The van der Waals surface area contributed by atoms with Crippen LogP contribution in [0.3, 0.4) is 0 Å². The van der Waals surface area contributed by atoms with Crippen LogP contribution in [-0.2, 0) is 20.2 Å². The molecule has 0 saturated heterocycles. The third kappa shape index (κ3) is 10.1. The summed E-state index contributed by atoms with van der Waals surface area (Å²) in [5, 5.41) is 7.76. The Morgan fingerprint density at radius 1 is 0.481 bits per heavy atom. The number of anilines is 5. The maximum absolute atomic E-state index is 12.9. The van der Waals surface area contributed by atoms with E-state index >= 15 is 0 Å². The first-order valence-electron chi connectivity index (χ1n) is 14.7. The van der Waals surface area contributed by atoms with Crippen LogP contribution in [0.25, 0.3) is 12.2 Å². The SMILES string of the molecule is Nc1ccc(C(=O)Nc2ccc(C(=O)Nc3ccc(/C=C/c4ccc(NC(=O)c5ccc(N)cc5)cc4S(=O)(=O)O)c(S(=O)(=O)O)c3)cc2)cc1.[Na+]. The Morgan fingerprint density at radius 2 is 0.769 bits per heavy atom. The topological polar surface area (TPSA) is 248 Å². The van der Waals surface area contributed by atoms with Gasteiger partial charge in [-0.05, 0) is 108 Å².